The summed E-state index contributed by atoms with van der Waals surface area (Å²) in [6.45, 7) is 0. The van der Waals surface area contributed by atoms with E-state index in [9.17, 15) is 13.6 Å². The molecule has 0 bridgehead atoms. The van der Waals surface area contributed by atoms with Crippen molar-refractivity contribution in [2.75, 3.05) is 14.2 Å². The van der Waals surface area contributed by atoms with Gasteiger partial charge in [0.15, 0.2) is 34.5 Å². The number of methoxy groups -OCH3 is 2. The van der Waals surface area contributed by atoms with Gasteiger partial charge in [-0.3, -0.25) is 4.79 Å². The molecule has 0 spiro atoms. The summed E-state index contributed by atoms with van der Waals surface area (Å²) in [4.78, 5) is 16.4. The lowest BCUT2D eigenvalue weighted by atomic mass is 10.1. The minimum absolute atomic E-state index is 0.197. The van der Waals surface area contributed by atoms with Crippen molar-refractivity contribution in [3.63, 3.8) is 0 Å². The molecule has 0 aliphatic heterocycles. The average molecular weight is 354 g/mol. The molecular weight excluding hydrogens is 344 g/mol. The average Bonchev–Trinajstić information content (AvgIpc) is 2.98. The van der Waals surface area contributed by atoms with Gasteiger partial charge in [0, 0.05) is 11.5 Å². The molecule has 2 heterocycles. The normalized spacial score (nSPS) is 10.9. The summed E-state index contributed by atoms with van der Waals surface area (Å²) < 4.78 is 43.7. The smallest absolute Gasteiger partial charge is 0.234 e. The highest BCUT2D eigenvalue weighted by Crippen LogP contribution is 2.33. The minimum atomic E-state index is -1.14. The standard InChI is InChI=1S/C16H10ClF2NO4/c1-22-8-5-9(23-2)15(19)13(14(8)18)16(21)10-3-7-4-12(17)20-6-11(7)24-10/h3-6H,1-2H3. The van der Waals surface area contributed by atoms with Crippen LogP contribution in [0.5, 0.6) is 11.5 Å². The first-order valence-electron chi connectivity index (χ1n) is 6.66. The predicted octanol–water partition coefficient (Wildman–Crippen LogP) is 4.01. The molecular formula is C16H10ClF2NO4. The molecule has 0 radical (unpaired) electrons. The van der Waals surface area contributed by atoms with Gasteiger partial charge < -0.3 is 13.9 Å². The van der Waals surface area contributed by atoms with Gasteiger partial charge in [-0.15, -0.1) is 0 Å². The molecule has 0 atom stereocenters. The number of carbonyl (C=O) groups is 1. The third-order valence-electron chi connectivity index (χ3n) is 3.40. The highest BCUT2D eigenvalue weighted by Gasteiger charge is 2.28. The zero-order chi connectivity index (χ0) is 17.4. The first-order valence-corrected chi connectivity index (χ1v) is 7.03. The Morgan fingerprint density at radius 1 is 1.12 bits per heavy atom. The summed E-state index contributed by atoms with van der Waals surface area (Å²) in [5.41, 5.74) is -0.567. The van der Waals surface area contributed by atoms with Crippen molar-refractivity contribution < 1.29 is 27.5 Å². The van der Waals surface area contributed by atoms with Crippen molar-refractivity contribution in [3.05, 3.63) is 52.5 Å². The number of fused-ring (bicyclic) bond motifs is 1. The molecule has 0 unspecified atom stereocenters. The van der Waals surface area contributed by atoms with Gasteiger partial charge in [-0.1, -0.05) is 11.6 Å². The zero-order valence-corrected chi connectivity index (χ0v) is 13.3. The van der Waals surface area contributed by atoms with E-state index in [4.69, 9.17) is 25.5 Å². The molecule has 5 nitrogen and oxygen atoms in total. The maximum absolute atomic E-state index is 14.4. The van der Waals surface area contributed by atoms with Crippen LogP contribution in [0.2, 0.25) is 5.15 Å². The van der Waals surface area contributed by atoms with Crippen molar-refractivity contribution in [3.8, 4) is 11.5 Å². The quantitative estimate of drug-likeness (QED) is 0.524. The lowest BCUT2D eigenvalue weighted by Crippen LogP contribution is -2.09. The second kappa shape index (κ2) is 6.09. The molecule has 0 saturated carbocycles. The third-order valence-corrected chi connectivity index (χ3v) is 3.60. The fourth-order valence-corrected chi connectivity index (χ4v) is 2.41. The van der Waals surface area contributed by atoms with Gasteiger partial charge in [0.2, 0.25) is 5.78 Å². The van der Waals surface area contributed by atoms with Crippen LogP contribution >= 0.6 is 11.6 Å². The fourth-order valence-electron chi connectivity index (χ4n) is 2.24. The van der Waals surface area contributed by atoms with E-state index in [0.717, 1.165) is 6.07 Å². The van der Waals surface area contributed by atoms with E-state index < -0.39 is 23.0 Å². The highest BCUT2D eigenvalue weighted by atomic mass is 35.5. The monoisotopic (exact) mass is 353 g/mol. The molecule has 0 N–H and O–H groups in total. The first kappa shape index (κ1) is 16.2. The number of pyridine rings is 1. The summed E-state index contributed by atoms with van der Waals surface area (Å²) >= 11 is 5.76. The van der Waals surface area contributed by atoms with Crippen LogP contribution in [0.4, 0.5) is 8.78 Å². The Bertz CT molecular complexity index is 927. The van der Waals surface area contributed by atoms with Gasteiger partial charge in [0.25, 0.3) is 0 Å². The van der Waals surface area contributed by atoms with Crippen LogP contribution in [0.3, 0.4) is 0 Å². The SMILES string of the molecule is COc1cc(OC)c(F)c(C(=O)c2cc3cc(Cl)ncc3o2)c1F. The third kappa shape index (κ3) is 2.56. The number of carbonyl (C=O) groups excluding carboxylic acids is 1. The number of nitrogens with zero attached hydrogens (tertiary/aromatic N) is 1. The summed E-state index contributed by atoms with van der Waals surface area (Å²) in [5, 5.41) is 0.678. The van der Waals surface area contributed by atoms with Gasteiger partial charge in [-0.2, -0.15) is 0 Å². The second-order valence-corrected chi connectivity index (χ2v) is 5.16. The topological polar surface area (TPSA) is 61.6 Å². The molecule has 124 valence electrons. The number of ketones is 1. The van der Waals surface area contributed by atoms with E-state index in [0.29, 0.717) is 5.39 Å². The molecule has 24 heavy (non-hydrogen) atoms. The van der Waals surface area contributed by atoms with Gasteiger partial charge in [0.1, 0.15) is 10.7 Å². The summed E-state index contributed by atoms with van der Waals surface area (Å²) in [6, 6.07) is 3.82. The highest BCUT2D eigenvalue weighted by molar-refractivity contribution is 6.30. The van der Waals surface area contributed by atoms with Crippen molar-refractivity contribution in [2.45, 2.75) is 0 Å². The van der Waals surface area contributed by atoms with E-state index in [2.05, 4.69) is 4.98 Å². The van der Waals surface area contributed by atoms with Crippen LogP contribution in [-0.4, -0.2) is 25.0 Å². The number of hydrogen-bond acceptors (Lipinski definition) is 5. The van der Waals surface area contributed by atoms with E-state index in [1.165, 1.54) is 32.5 Å². The van der Waals surface area contributed by atoms with Crippen LogP contribution in [0.15, 0.2) is 28.8 Å². The zero-order valence-electron chi connectivity index (χ0n) is 12.5. The van der Waals surface area contributed by atoms with Crippen LogP contribution in [0, 0.1) is 11.6 Å². The number of halogens is 3. The van der Waals surface area contributed by atoms with Crippen molar-refractivity contribution in [1.29, 1.82) is 0 Å². The second-order valence-electron chi connectivity index (χ2n) is 4.77. The Kier molecular flexibility index (Phi) is 4.11. The number of ether oxygens (including phenoxy) is 2. The van der Waals surface area contributed by atoms with Crippen LogP contribution in [0.25, 0.3) is 11.0 Å². The number of rotatable bonds is 4. The van der Waals surface area contributed by atoms with E-state index >= 15 is 0 Å². The maximum Gasteiger partial charge on any atom is 0.234 e. The largest absolute Gasteiger partial charge is 0.494 e. The molecule has 8 heteroatoms. The molecule has 2 aromatic heterocycles. The van der Waals surface area contributed by atoms with Crippen molar-refractivity contribution in [1.82, 2.24) is 4.98 Å². The lowest BCUT2D eigenvalue weighted by Gasteiger charge is -2.10. The summed E-state index contributed by atoms with van der Waals surface area (Å²) in [6.07, 6.45) is 1.31. The van der Waals surface area contributed by atoms with E-state index in [1.54, 1.807) is 0 Å². The number of hydrogen-bond donors (Lipinski definition) is 0. The molecule has 0 fully saturated rings. The van der Waals surface area contributed by atoms with Crippen LogP contribution in [0.1, 0.15) is 16.1 Å². The predicted molar refractivity (Wildman–Crippen MR) is 81.9 cm³/mol. The molecule has 3 rings (SSSR count). The van der Waals surface area contributed by atoms with Gasteiger partial charge >= 0.3 is 0 Å². The maximum atomic E-state index is 14.4. The lowest BCUT2D eigenvalue weighted by molar-refractivity contribution is 0.100. The summed E-state index contributed by atoms with van der Waals surface area (Å²) in [5.74, 6) is -4.18. The van der Waals surface area contributed by atoms with Gasteiger partial charge in [-0.05, 0) is 12.1 Å². The van der Waals surface area contributed by atoms with Crippen molar-refractivity contribution in [2.24, 2.45) is 0 Å². The molecule has 0 saturated heterocycles. The molecule has 3 aromatic rings. The Hall–Kier alpha value is -2.67. The molecule has 0 aliphatic carbocycles. The Morgan fingerprint density at radius 3 is 2.33 bits per heavy atom. The van der Waals surface area contributed by atoms with Crippen LogP contribution in [-0.2, 0) is 0 Å². The summed E-state index contributed by atoms with van der Waals surface area (Å²) in [7, 11) is 2.39. The first-order chi connectivity index (χ1) is 11.5. The molecule has 0 aliphatic rings. The number of benzene rings is 1. The Balaban J connectivity index is 2.18. The fraction of sp³-hybridized carbons (Fsp3) is 0.125. The van der Waals surface area contributed by atoms with E-state index in [1.807, 2.05) is 0 Å². The van der Waals surface area contributed by atoms with Gasteiger partial charge in [0.05, 0.1) is 20.4 Å². The van der Waals surface area contributed by atoms with E-state index in [-0.39, 0.29) is 28.0 Å². The molecule has 1 aromatic carbocycles. The number of aromatic nitrogens is 1. The number of furan rings is 1. The van der Waals surface area contributed by atoms with Crippen molar-refractivity contribution >= 4 is 28.4 Å². The molecule has 0 amide bonds. The van der Waals surface area contributed by atoms with Gasteiger partial charge in [-0.25, -0.2) is 13.8 Å². The Labute approximate surface area is 139 Å². The Morgan fingerprint density at radius 2 is 1.75 bits per heavy atom. The van der Waals surface area contributed by atoms with Crippen LogP contribution < -0.4 is 9.47 Å². The minimum Gasteiger partial charge on any atom is -0.494 e.